The molecule has 2 aromatic rings. The number of anilines is 1. The lowest BCUT2D eigenvalue weighted by molar-refractivity contribution is -0.116. The first-order valence-electron chi connectivity index (χ1n) is 9.22. The molecule has 0 radical (unpaired) electrons. The number of aromatic nitrogens is 2. The predicted octanol–water partition coefficient (Wildman–Crippen LogP) is 4.23. The van der Waals surface area contributed by atoms with Gasteiger partial charge in [-0.05, 0) is 49.5 Å². The molecule has 2 heterocycles. The van der Waals surface area contributed by atoms with Crippen LogP contribution in [0, 0.1) is 5.92 Å². The molecule has 27 heavy (non-hydrogen) atoms. The van der Waals surface area contributed by atoms with Gasteiger partial charge in [0.2, 0.25) is 5.91 Å². The Kier molecular flexibility index (Phi) is 9.84. The summed E-state index contributed by atoms with van der Waals surface area (Å²) in [4.78, 5) is 16.6. The molecular formula is C20H30Cl2N4O. The van der Waals surface area contributed by atoms with E-state index in [2.05, 4.69) is 46.2 Å². The van der Waals surface area contributed by atoms with Crippen molar-refractivity contribution in [3.05, 3.63) is 48.0 Å². The summed E-state index contributed by atoms with van der Waals surface area (Å²) < 4.78 is 2.17. The Balaban J connectivity index is 0.00000182. The number of rotatable bonds is 7. The Morgan fingerprint density at radius 2 is 2.19 bits per heavy atom. The molecule has 7 heteroatoms. The van der Waals surface area contributed by atoms with E-state index >= 15 is 0 Å². The fourth-order valence-corrected chi connectivity index (χ4v) is 3.42. The average molecular weight is 413 g/mol. The maximum Gasteiger partial charge on any atom is 0.224 e. The Morgan fingerprint density at radius 3 is 2.89 bits per heavy atom. The molecule has 1 fully saturated rings. The summed E-state index contributed by atoms with van der Waals surface area (Å²) in [5, 5.41) is 6.39. The van der Waals surface area contributed by atoms with Crippen molar-refractivity contribution in [2.45, 2.75) is 45.6 Å². The first-order chi connectivity index (χ1) is 12.1. The van der Waals surface area contributed by atoms with E-state index in [1.165, 1.54) is 6.42 Å². The van der Waals surface area contributed by atoms with Crippen LogP contribution in [0.4, 0.5) is 5.69 Å². The number of halogens is 2. The lowest BCUT2D eigenvalue weighted by atomic mass is 10.0. The van der Waals surface area contributed by atoms with E-state index in [1.807, 2.05) is 24.5 Å². The van der Waals surface area contributed by atoms with Crippen molar-refractivity contribution in [1.29, 1.82) is 0 Å². The maximum atomic E-state index is 12.2. The Bertz CT molecular complexity index is 712. The van der Waals surface area contributed by atoms with Crippen molar-refractivity contribution < 1.29 is 4.79 Å². The Morgan fingerprint density at radius 1 is 1.37 bits per heavy atom. The lowest BCUT2D eigenvalue weighted by Gasteiger charge is -2.12. The van der Waals surface area contributed by atoms with Crippen molar-refractivity contribution in [2.24, 2.45) is 5.92 Å². The van der Waals surface area contributed by atoms with Crippen LogP contribution in [0.1, 0.15) is 50.4 Å². The molecule has 0 aliphatic carbocycles. The SMILES string of the molecule is CC(C)c1nccn1Cc1cccc(NC(=O)CCC2CCNC2)c1.Cl.Cl. The van der Waals surface area contributed by atoms with Crippen LogP contribution >= 0.6 is 24.8 Å². The van der Waals surface area contributed by atoms with Gasteiger partial charge in [-0.15, -0.1) is 24.8 Å². The summed E-state index contributed by atoms with van der Waals surface area (Å²) in [7, 11) is 0. The molecule has 0 saturated carbocycles. The van der Waals surface area contributed by atoms with Crippen LogP contribution < -0.4 is 10.6 Å². The fraction of sp³-hybridized carbons (Fsp3) is 0.500. The van der Waals surface area contributed by atoms with Gasteiger partial charge in [-0.3, -0.25) is 4.79 Å². The predicted molar refractivity (Wildman–Crippen MR) is 115 cm³/mol. The number of imidazole rings is 1. The van der Waals surface area contributed by atoms with E-state index in [1.54, 1.807) is 0 Å². The van der Waals surface area contributed by atoms with Crippen molar-refractivity contribution >= 4 is 36.4 Å². The number of amides is 1. The third-order valence-corrected chi connectivity index (χ3v) is 4.77. The van der Waals surface area contributed by atoms with Gasteiger partial charge in [-0.2, -0.15) is 0 Å². The van der Waals surface area contributed by atoms with Crippen molar-refractivity contribution in [2.75, 3.05) is 18.4 Å². The molecule has 0 bridgehead atoms. The first-order valence-corrected chi connectivity index (χ1v) is 9.22. The fourth-order valence-electron chi connectivity index (χ4n) is 3.42. The van der Waals surface area contributed by atoms with Gasteiger partial charge in [-0.25, -0.2) is 4.98 Å². The van der Waals surface area contributed by atoms with E-state index in [9.17, 15) is 4.79 Å². The largest absolute Gasteiger partial charge is 0.330 e. The topological polar surface area (TPSA) is 59.0 Å². The second kappa shape index (κ2) is 11.3. The molecule has 3 rings (SSSR count). The number of carbonyl (C=O) groups is 1. The highest BCUT2D eigenvalue weighted by molar-refractivity contribution is 5.90. The molecule has 1 aromatic heterocycles. The molecule has 1 saturated heterocycles. The minimum absolute atomic E-state index is 0. The van der Waals surface area contributed by atoms with Gasteiger partial charge >= 0.3 is 0 Å². The summed E-state index contributed by atoms with van der Waals surface area (Å²) in [6.45, 7) is 7.20. The first kappa shape index (κ1) is 23.5. The third-order valence-electron chi connectivity index (χ3n) is 4.77. The van der Waals surface area contributed by atoms with Crippen LogP contribution in [0.15, 0.2) is 36.7 Å². The summed E-state index contributed by atoms with van der Waals surface area (Å²) >= 11 is 0. The monoisotopic (exact) mass is 412 g/mol. The quantitative estimate of drug-likeness (QED) is 0.715. The molecular weight excluding hydrogens is 383 g/mol. The number of carbonyl (C=O) groups excluding carboxylic acids is 1. The van der Waals surface area contributed by atoms with Crippen LogP contribution in [0.2, 0.25) is 0 Å². The molecule has 1 aliphatic heterocycles. The Labute approximate surface area is 174 Å². The van der Waals surface area contributed by atoms with Gasteiger partial charge in [0.15, 0.2) is 0 Å². The van der Waals surface area contributed by atoms with Crippen molar-refractivity contribution in [3.63, 3.8) is 0 Å². The van der Waals surface area contributed by atoms with Crippen LogP contribution in [0.5, 0.6) is 0 Å². The average Bonchev–Trinajstić information content (AvgIpc) is 3.24. The molecule has 0 spiro atoms. The standard InChI is InChI=1S/C20H28N4O.2ClH/c1-15(2)20-22-10-11-24(20)14-17-4-3-5-18(12-17)23-19(25)7-6-16-8-9-21-13-16;;/h3-5,10-12,15-16,21H,6-9,13-14H2,1-2H3,(H,23,25);2*1H. The highest BCUT2D eigenvalue weighted by Gasteiger charge is 2.15. The van der Waals surface area contributed by atoms with E-state index in [-0.39, 0.29) is 30.7 Å². The normalized spacial score (nSPS) is 15.9. The van der Waals surface area contributed by atoms with E-state index in [0.717, 1.165) is 43.1 Å². The summed E-state index contributed by atoms with van der Waals surface area (Å²) in [5.74, 6) is 2.23. The number of benzene rings is 1. The van der Waals surface area contributed by atoms with Crippen molar-refractivity contribution in [3.8, 4) is 0 Å². The minimum atomic E-state index is 0. The zero-order chi connectivity index (χ0) is 17.6. The van der Waals surface area contributed by atoms with Crippen LogP contribution in [-0.4, -0.2) is 28.5 Å². The zero-order valence-electron chi connectivity index (χ0n) is 16.0. The number of nitrogens with one attached hydrogen (secondary N) is 2. The van der Waals surface area contributed by atoms with Crippen LogP contribution in [-0.2, 0) is 11.3 Å². The number of hydrogen-bond acceptors (Lipinski definition) is 3. The van der Waals surface area contributed by atoms with Crippen LogP contribution in [0.25, 0.3) is 0 Å². The zero-order valence-corrected chi connectivity index (χ0v) is 17.6. The van der Waals surface area contributed by atoms with E-state index < -0.39 is 0 Å². The second-order valence-corrected chi connectivity index (χ2v) is 7.21. The third kappa shape index (κ3) is 6.83. The molecule has 1 aromatic carbocycles. The van der Waals surface area contributed by atoms with Gasteiger partial charge in [0.1, 0.15) is 5.82 Å². The lowest BCUT2D eigenvalue weighted by Crippen LogP contribution is -2.15. The van der Waals surface area contributed by atoms with Gasteiger partial charge in [0, 0.05) is 37.0 Å². The highest BCUT2D eigenvalue weighted by Crippen LogP contribution is 2.18. The number of hydrogen-bond donors (Lipinski definition) is 2. The summed E-state index contributed by atoms with van der Waals surface area (Å²) in [6, 6.07) is 8.09. The maximum absolute atomic E-state index is 12.2. The molecule has 2 N–H and O–H groups in total. The molecule has 1 unspecified atom stereocenters. The highest BCUT2D eigenvalue weighted by atomic mass is 35.5. The smallest absolute Gasteiger partial charge is 0.224 e. The molecule has 5 nitrogen and oxygen atoms in total. The van der Waals surface area contributed by atoms with E-state index in [0.29, 0.717) is 18.3 Å². The van der Waals surface area contributed by atoms with Gasteiger partial charge in [0.05, 0.1) is 0 Å². The Hall–Kier alpha value is -1.56. The minimum Gasteiger partial charge on any atom is -0.330 e. The van der Waals surface area contributed by atoms with Gasteiger partial charge in [0.25, 0.3) is 0 Å². The molecule has 1 amide bonds. The summed E-state index contributed by atoms with van der Waals surface area (Å²) in [5.41, 5.74) is 2.04. The summed E-state index contributed by atoms with van der Waals surface area (Å²) in [6.07, 6.45) is 6.60. The van der Waals surface area contributed by atoms with Gasteiger partial charge < -0.3 is 15.2 Å². The molecule has 1 atom stereocenters. The van der Waals surface area contributed by atoms with Crippen LogP contribution in [0.3, 0.4) is 0 Å². The molecule has 150 valence electrons. The van der Waals surface area contributed by atoms with E-state index in [4.69, 9.17) is 0 Å². The second-order valence-electron chi connectivity index (χ2n) is 7.21. The number of nitrogens with zero attached hydrogens (tertiary/aromatic N) is 2. The van der Waals surface area contributed by atoms with Crippen molar-refractivity contribution in [1.82, 2.24) is 14.9 Å². The van der Waals surface area contributed by atoms with Gasteiger partial charge in [-0.1, -0.05) is 26.0 Å². The molecule has 1 aliphatic rings.